The third kappa shape index (κ3) is 3.81. The Balaban J connectivity index is 2.01. The SMILES string of the molecule is CCCCC1CCCC1NC(=O)c1cc(F)ccc1Br. The van der Waals surface area contributed by atoms with Crippen LogP contribution in [0.2, 0.25) is 0 Å². The summed E-state index contributed by atoms with van der Waals surface area (Å²) >= 11 is 3.31. The van der Waals surface area contributed by atoms with E-state index in [1.54, 1.807) is 6.07 Å². The molecule has 1 aromatic carbocycles. The highest BCUT2D eigenvalue weighted by Gasteiger charge is 2.28. The smallest absolute Gasteiger partial charge is 0.252 e. The van der Waals surface area contributed by atoms with Crippen molar-refractivity contribution in [3.63, 3.8) is 0 Å². The van der Waals surface area contributed by atoms with Crippen LogP contribution in [0.4, 0.5) is 4.39 Å². The molecule has 2 rings (SSSR count). The van der Waals surface area contributed by atoms with Crippen LogP contribution in [-0.4, -0.2) is 11.9 Å². The number of hydrogen-bond donors (Lipinski definition) is 1. The zero-order valence-corrected chi connectivity index (χ0v) is 13.4. The summed E-state index contributed by atoms with van der Waals surface area (Å²) in [6.07, 6.45) is 6.96. The molecule has 1 aromatic rings. The molecule has 1 saturated carbocycles. The quantitative estimate of drug-likeness (QED) is 0.827. The number of carbonyl (C=O) groups is 1. The zero-order chi connectivity index (χ0) is 14.5. The Kier molecular flexibility index (Phi) is 5.58. The lowest BCUT2D eigenvalue weighted by atomic mass is 9.96. The van der Waals surface area contributed by atoms with E-state index in [1.807, 2.05) is 0 Å². The van der Waals surface area contributed by atoms with E-state index >= 15 is 0 Å². The molecule has 2 unspecified atom stereocenters. The zero-order valence-electron chi connectivity index (χ0n) is 11.8. The van der Waals surface area contributed by atoms with E-state index < -0.39 is 0 Å². The Morgan fingerprint density at radius 1 is 1.45 bits per heavy atom. The van der Waals surface area contributed by atoms with Gasteiger partial charge in [0.25, 0.3) is 5.91 Å². The summed E-state index contributed by atoms with van der Waals surface area (Å²) in [5, 5.41) is 3.09. The molecule has 0 saturated heterocycles. The second kappa shape index (κ2) is 7.21. The number of hydrogen-bond acceptors (Lipinski definition) is 1. The van der Waals surface area contributed by atoms with Crippen molar-refractivity contribution in [3.8, 4) is 0 Å². The fraction of sp³-hybridized carbons (Fsp3) is 0.562. The Hall–Kier alpha value is -0.900. The van der Waals surface area contributed by atoms with Crippen molar-refractivity contribution in [2.24, 2.45) is 5.92 Å². The maximum Gasteiger partial charge on any atom is 0.252 e. The van der Waals surface area contributed by atoms with Crippen molar-refractivity contribution in [2.75, 3.05) is 0 Å². The Bertz CT molecular complexity index is 478. The average Bonchev–Trinajstić information content (AvgIpc) is 2.86. The van der Waals surface area contributed by atoms with Crippen LogP contribution in [-0.2, 0) is 0 Å². The van der Waals surface area contributed by atoms with Crippen molar-refractivity contribution in [1.29, 1.82) is 0 Å². The first-order valence-corrected chi connectivity index (χ1v) is 8.17. The maximum atomic E-state index is 13.3. The number of unbranched alkanes of at least 4 members (excludes halogenated alkanes) is 1. The van der Waals surface area contributed by atoms with Gasteiger partial charge in [-0.05, 0) is 59.3 Å². The molecule has 1 fully saturated rings. The van der Waals surface area contributed by atoms with E-state index in [0.717, 1.165) is 6.42 Å². The number of benzene rings is 1. The van der Waals surface area contributed by atoms with Gasteiger partial charge in [-0.25, -0.2) is 4.39 Å². The van der Waals surface area contributed by atoms with Crippen LogP contribution in [0.3, 0.4) is 0 Å². The van der Waals surface area contributed by atoms with Crippen LogP contribution in [0.1, 0.15) is 55.8 Å². The lowest BCUT2D eigenvalue weighted by Gasteiger charge is -2.21. The van der Waals surface area contributed by atoms with Gasteiger partial charge in [0.2, 0.25) is 0 Å². The fourth-order valence-corrected chi connectivity index (χ4v) is 3.38. The molecule has 1 aliphatic carbocycles. The molecule has 2 nitrogen and oxygen atoms in total. The maximum absolute atomic E-state index is 13.3. The molecule has 0 spiro atoms. The highest BCUT2D eigenvalue weighted by Crippen LogP contribution is 2.30. The van der Waals surface area contributed by atoms with E-state index in [4.69, 9.17) is 0 Å². The molecule has 110 valence electrons. The molecule has 0 aromatic heterocycles. The Labute approximate surface area is 128 Å². The largest absolute Gasteiger partial charge is 0.349 e. The van der Waals surface area contributed by atoms with Gasteiger partial charge in [-0.15, -0.1) is 0 Å². The summed E-state index contributed by atoms with van der Waals surface area (Å²) in [4.78, 5) is 12.3. The lowest BCUT2D eigenvalue weighted by molar-refractivity contribution is 0.0925. The number of rotatable bonds is 5. The minimum Gasteiger partial charge on any atom is -0.349 e. The van der Waals surface area contributed by atoms with Crippen LogP contribution in [0, 0.1) is 11.7 Å². The minimum absolute atomic E-state index is 0.176. The molecular weight excluding hydrogens is 321 g/mol. The summed E-state index contributed by atoms with van der Waals surface area (Å²) in [7, 11) is 0. The monoisotopic (exact) mass is 341 g/mol. The van der Waals surface area contributed by atoms with Crippen molar-refractivity contribution >= 4 is 21.8 Å². The Morgan fingerprint density at radius 2 is 2.25 bits per heavy atom. The first kappa shape index (κ1) is 15.5. The first-order chi connectivity index (χ1) is 9.61. The summed E-state index contributed by atoms with van der Waals surface area (Å²) in [6.45, 7) is 2.19. The molecule has 1 N–H and O–H groups in total. The average molecular weight is 342 g/mol. The van der Waals surface area contributed by atoms with Gasteiger partial charge in [-0.3, -0.25) is 4.79 Å². The predicted molar refractivity (Wildman–Crippen MR) is 82.2 cm³/mol. The third-order valence-electron chi connectivity index (χ3n) is 4.08. The summed E-state index contributed by atoms with van der Waals surface area (Å²) in [5.74, 6) is 0.0170. The first-order valence-electron chi connectivity index (χ1n) is 7.37. The number of amides is 1. The van der Waals surface area contributed by atoms with Gasteiger partial charge in [0.15, 0.2) is 0 Å². The standard InChI is InChI=1S/C16H21BrFNO/c1-2-3-5-11-6-4-7-15(11)19-16(20)13-10-12(18)8-9-14(13)17/h8-11,15H,2-7H2,1H3,(H,19,20). The number of halogens is 2. The predicted octanol–water partition coefficient (Wildman–Crippen LogP) is 4.68. The van der Waals surface area contributed by atoms with Crippen molar-refractivity contribution in [3.05, 3.63) is 34.1 Å². The van der Waals surface area contributed by atoms with Gasteiger partial charge in [0.1, 0.15) is 5.82 Å². The number of nitrogens with one attached hydrogen (secondary N) is 1. The molecule has 4 heteroatoms. The van der Waals surface area contributed by atoms with Gasteiger partial charge in [-0.2, -0.15) is 0 Å². The molecule has 20 heavy (non-hydrogen) atoms. The molecule has 0 aliphatic heterocycles. The van der Waals surface area contributed by atoms with Gasteiger partial charge >= 0.3 is 0 Å². The third-order valence-corrected chi connectivity index (χ3v) is 4.77. The van der Waals surface area contributed by atoms with E-state index in [-0.39, 0.29) is 17.8 Å². The topological polar surface area (TPSA) is 29.1 Å². The van der Waals surface area contributed by atoms with Crippen LogP contribution in [0.25, 0.3) is 0 Å². The van der Waals surface area contributed by atoms with E-state index in [9.17, 15) is 9.18 Å². The molecule has 0 radical (unpaired) electrons. The molecule has 1 amide bonds. The second-order valence-corrected chi connectivity index (χ2v) is 6.39. The summed E-state index contributed by atoms with van der Waals surface area (Å²) in [5.41, 5.74) is 0.381. The van der Waals surface area contributed by atoms with Crippen molar-refractivity contribution < 1.29 is 9.18 Å². The molecule has 2 atom stereocenters. The molecule has 0 heterocycles. The highest BCUT2D eigenvalue weighted by atomic mass is 79.9. The van der Waals surface area contributed by atoms with Gasteiger partial charge < -0.3 is 5.32 Å². The molecule has 0 bridgehead atoms. The summed E-state index contributed by atoms with van der Waals surface area (Å²) < 4.78 is 13.9. The Morgan fingerprint density at radius 3 is 3.00 bits per heavy atom. The van der Waals surface area contributed by atoms with Crippen LogP contribution in [0.15, 0.2) is 22.7 Å². The van der Waals surface area contributed by atoms with Crippen LogP contribution in [0.5, 0.6) is 0 Å². The fourth-order valence-electron chi connectivity index (χ4n) is 2.96. The van der Waals surface area contributed by atoms with E-state index in [2.05, 4.69) is 28.2 Å². The van der Waals surface area contributed by atoms with Gasteiger partial charge in [0, 0.05) is 10.5 Å². The van der Waals surface area contributed by atoms with Crippen molar-refractivity contribution in [2.45, 2.75) is 51.5 Å². The molecule has 1 aliphatic rings. The van der Waals surface area contributed by atoms with Gasteiger partial charge in [-0.1, -0.05) is 26.2 Å². The van der Waals surface area contributed by atoms with E-state index in [0.29, 0.717) is 16.0 Å². The minimum atomic E-state index is -0.382. The lowest BCUT2D eigenvalue weighted by Crippen LogP contribution is -2.37. The van der Waals surface area contributed by atoms with Gasteiger partial charge in [0.05, 0.1) is 5.56 Å². The van der Waals surface area contributed by atoms with Crippen LogP contribution >= 0.6 is 15.9 Å². The normalized spacial score (nSPS) is 21.9. The number of carbonyl (C=O) groups excluding carboxylic acids is 1. The van der Waals surface area contributed by atoms with Crippen LogP contribution < -0.4 is 5.32 Å². The van der Waals surface area contributed by atoms with E-state index in [1.165, 1.54) is 44.2 Å². The second-order valence-electron chi connectivity index (χ2n) is 5.54. The molecular formula is C16H21BrFNO. The summed E-state index contributed by atoms with van der Waals surface area (Å²) in [6, 6.07) is 4.45. The van der Waals surface area contributed by atoms with Crippen molar-refractivity contribution in [1.82, 2.24) is 5.32 Å². The highest BCUT2D eigenvalue weighted by molar-refractivity contribution is 9.10.